The number of aryl methyl sites for hydroxylation is 2. The molecule has 0 saturated carbocycles. The summed E-state index contributed by atoms with van der Waals surface area (Å²) in [7, 11) is 1.87. The Morgan fingerprint density at radius 3 is 2.90 bits per heavy atom. The van der Waals surface area contributed by atoms with Crippen LogP contribution in [0.4, 0.5) is 0 Å². The van der Waals surface area contributed by atoms with Crippen LogP contribution in [0.3, 0.4) is 0 Å². The van der Waals surface area contributed by atoms with E-state index in [-0.39, 0.29) is 12.1 Å². The summed E-state index contributed by atoms with van der Waals surface area (Å²) in [6.07, 6.45) is 6.53. The van der Waals surface area contributed by atoms with Crippen molar-refractivity contribution in [3.8, 4) is 0 Å². The lowest BCUT2D eigenvalue weighted by atomic mass is 10.3. The second kappa shape index (κ2) is 6.89. The Kier molecular flexibility index (Phi) is 4.33. The van der Waals surface area contributed by atoms with E-state index in [9.17, 15) is 4.79 Å². The summed E-state index contributed by atoms with van der Waals surface area (Å²) >= 11 is 7.70. The van der Waals surface area contributed by atoms with E-state index in [1.165, 1.54) is 4.68 Å². The normalized spacial score (nSPS) is 13.7. The Labute approximate surface area is 175 Å². The quantitative estimate of drug-likeness (QED) is 0.471. The zero-order valence-corrected chi connectivity index (χ0v) is 17.5. The molecule has 7 nitrogen and oxygen atoms in total. The first-order valence-electron chi connectivity index (χ1n) is 9.17. The molecule has 5 heterocycles. The maximum Gasteiger partial charge on any atom is 0.291 e. The van der Waals surface area contributed by atoms with Crippen LogP contribution in [-0.2, 0) is 20.0 Å². The molecule has 0 bridgehead atoms. The molecule has 5 rings (SSSR count). The van der Waals surface area contributed by atoms with Crippen LogP contribution in [-0.4, -0.2) is 36.6 Å². The average molecular weight is 425 g/mol. The molecule has 29 heavy (non-hydrogen) atoms. The van der Waals surface area contributed by atoms with Gasteiger partial charge in [-0.2, -0.15) is 5.10 Å². The summed E-state index contributed by atoms with van der Waals surface area (Å²) < 4.78 is 4.25. The molecule has 4 aromatic heterocycles. The fourth-order valence-electron chi connectivity index (χ4n) is 3.48. The summed E-state index contributed by atoms with van der Waals surface area (Å²) in [5, 5.41) is 6.63. The molecule has 0 amide bonds. The molecular weight excluding hydrogens is 408 g/mol. The van der Waals surface area contributed by atoms with Gasteiger partial charge in [0.1, 0.15) is 15.7 Å². The number of thiazole rings is 1. The number of allylic oxidation sites excluding steroid dienone is 1. The molecule has 0 atom stereocenters. The smallest absolute Gasteiger partial charge is 0.291 e. The fraction of sp³-hybridized carbons (Fsp3) is 0.250. The Balaban J connectivity index is 1.56. The standard InChI is InChI=1S/C20H17ClN6OS/c1-11-5-6-13(24-18(11)21)10-27-20(28)16-14(9-23-27)17-19(26(16)2)25-15(29-17)8-12-4-3-7-22-12/h3-6,9H,7-8,10H2,1-2H3. The molecular formula is C20H17ClN6OS. The minimum Gasteiger partial charge on any atom is -0.323 e. The molecule has 0 spiro atoms. The van der Waals surface area contributed by atoms with E-state index in [2.05, 4.69) is 15.1 Å². The van der Waals surface area contributed by atoms with Crippen molar-refractivity contribution < 1.29 is 0 Å². The van der Waals surface area contributed by atoms with E-state index < -0.39 is 0 Å². The van der Waals surface area contributed by atoms with Crippen LogP contribution in [0.15, 0.2) is 40.3 Å². The highest BCUT2D eigenvalue weighted by atomic mass is 35.5. The zero-order valence-electron chi connectivity index (χ0n) is 15.9. The topological polar surface area (TPSA) is 78.0 Å². The van der Waals surface area contributed by atoms with Gasteiger partial charge in [-0.15, -0.1) is 11.3 Å². The van der Waals surface area contributed by atoms with E-state index in [0.717, 1.165) is 38.6 Å². The third kappa shape index (κ3) is 3.08. The van der Waals surface area contributed by atoms with Crippen molar-refractivity contribution in [3.63, 3.8) is 0 Å². The highest BCUT2D eigenvalue weighted by Gasteiger charge is 2.19. The summed E-state index contributed by atoms with van der Waals surface area (Å²) in [6.45, 7) is 2.90. The number of aromatic nitrogens is 5. The second-order valence-electron chi connectivity index (χ2n) is 7.01. The molecule has 0 unspecified atom stereocenters. The minimum atomic E-state index is -0.168. The lowest BCUT2D eigenvalue weighted by molar-refractivity contribution is 0.632. The molecule has 4 aromatic rings. The van der Waals surface area contributed by atoms with Crippen LogP contribution in [0.1, 0.15) is 16.3 Å². The molecule has 0 radical (unpaired) electrons. The average Bonchev–Trinajstić information content (AvgIpc) is 3.40. The van der Waals surface area contributed by atoms with Gasteiger partial charge in [0.2, 0.25) is 0 Å². The largest absolute Gasteiger partial charge is 0.323 e. The van der Waals surface area contributed by atoms with Crippen LogP contribution >= 0.6 is 22.9 Å². The molecule has 1 aliphatic rings. The SMILES string of the molecule is Cc1ccc(Cn2ncc3c4sc(CC5=NCC=C5)nc4n(C)c3c2=O)nc1Cl. The summed E-state index contributed by atoms with van der Waals surface area (Å²) in [4.78, 5) is 26.6. The van der Waals surface area contributed by atoms with Crippen molar-refractivity contribution >= 4 is 49.9 Å². The third-order valence-electron chi connectivity index (χ3n) is 5.02. The summed E-state index contributed by atoms with van der Waals surface area (Å²) in [6, 6.07) is 3.75. The van der Waals surface area contributed by atoms with Crippen LogP contribution in [0.5, 0.6) is 0 Å². The summed E-state index contributed by atoms with van der Waals surface area (Å²) in [5.74, 6) is 0. The first kappa shape index (κ1) is 18.2. The number of halogens is 1. The maximum atomic E-state index is 13.1. The van der Waals surface area contributed by atoms with Crippen molar-refractivity contribution in [3.05, 3.63) is 62.3 Å². The molecule has 9 heteroatoms. The molecule has 0 N–H and O–H groups in total. The number of fused-ring (bicyclic) bond motifs is 3. The van der Waals surface area contributed by atoms with Crippen LogP contribution in [0.25, 0.3) is 21.3 Å². The van der Waals surface area contributed by atoms with E-state index in [4.69, 9.17) is 16.6 Å². The molecule has 1 aliphatic heterocycles. The maximum absolute atomic E-state index is 13.1. The van der Waals surface area contributed by atoms with Crippen molar-refractivity contribution in [1.82, 2.24) is 24.3 Å². The Bertz CT molecular complexity index is 1390. The molecule has 0 aromatic carbocycles. The fourth-order valence-corrected chi connectivity index (χ4v) is 4.78. The number of hydrogen-bond donors (Lipinski definition) is 0. The third-order valence-corrected chi connectivity index (χ3v) is 6.48. The monoisotopic (exact) mass is 424 g/mol. The molecule has 0 fully saturated rings. The Hall–Kier alpha value is -2.84. The van der Waals surface area contributed by atoms with Gasteiger partial charge in [-0.25, -0.2) is 14.6 Å². The van der Waals surface area contributed by atoms with Crippen LogP contribution in [0.2, 0.25) is 5.15 Å². The van der Waals surface area contributed by atoms with E-state index >= 15 is 0 Å². The first-order chi connectivity index (χ1) is 14.0. The first-order valence-corrected chi connectivity index (χ1v) is 10.4. The molecule has 0 saturated heterocycles. The number of pyridine rings is 1. The van der Waals surface area contributed by atoms with Gasteiger partial charge in [-0.05, 0) is 24.6 Å². The van der Waals surface area contributed by atoms with Crippen molar-refractivity contribution in [2.75, 3.05) is 6.54 Å². The van der Waals surface area contributed by atoms with Crippen molar-refractivity contribution in [2.24, 2.45) is 12.0 Å². The van der Waals surface area contributed by atoms with Gasteiger partial charge in [-0.1, -0.05) is 23.7 Å². The zero-order chi connectivity index (χ0) is 20.1. The lowest BCUT2D eigenvalue weighted by Gasteiger charge is -2.06. The van der Waals surface area contributed by atoms with E-state index in [1.807, 2.05) is 42.8 Å². The van der Waals surface area contributed by atoms with Crippen molar-refractivity contribution in [1.29, 1.82) is 0 Å². The van der Waals surface area contributed by atoms with Gasteiger partial charge in [0.25, 0.3) is 5.56 Å². The van der Waals surface area contributed by atoms with Gasteiger partial charge in [0.05, 0.1) is 29.7 Å². The predicted molar refractivity (Wildman–Crippen MR) is 116 cm³/mol. The molecule has 146 valence electrons. The minimum absolute atomic E-state index is 0.168. The number of nitrogens with zero attached hydrogens (tertiary/aromatic N) is 6. The van der Waals surface area contributed by atoms with Crippen molar-refractivity contribution in [2.45, 2.75) is 19.9 Å². The van der Waals surface area contributed by atoms with Crippen LogP contribution < -0.4 is 5.56 Å². The van der Waals surface area contributed by atoms with E-state index in [1.54, 1.807) is 17.5 Å². The highest BCUT2D eigenvalue weighted by Crippen LogP contribution is 2.31. The highest BCUT2D eigenvalue weighted by molar-refractivity contribution is 7.19. The van der Waals surface area contributed by atoms with Crippen LogP contribution in [0, 0.1) is 6.92 Å². The number of hydrogen-bond acceptors (Lipinski definition) is 6. The van der Waals surface area contributed by atoms with Gasteiger partial charge >= 0.3 is 0 Å². The second-order valence-corrected chi connectivity index (χ2v) is 8.45. The van der Waals surface area contributed by atoms with Gasteiger partial charge in [0.15, 0.2) is 5.65 Å². The van der Waals surface area contributed by atoms with E-state index in [0.29, 0.717) is 22.8 Å². The summed E-state index contributed by atoms with van der Waals surface area (Å²) in [5.41, 5.74) is 3.86. The lowest BCUT2D eigenvalue weighted by Crippen LogP contribution is -2.25. The van der Waals surface area contributed by atoms with Gasteiger partial charge < -0.3 is 4.57 Å². The Morgan fingerprint density at radius 1 is 1.28 bits per heavy atom. The van der Waals surface area contributed by atoms with Gasteiger partial charge in [-0.3, -0.25) is 9.79 Å². The molecule has 0 aliphatic carbocycles. The van der Waals surface area contributed by atoms with Gasteiger partial charge in [0, 0.05) is 24.6 Å². The predicted octanol–water partition coefficient (Wildman–Crippen LogP) is 3.30. The number of aliphatic imine (C=N–C) groups is 1. The number of rotatable bonds is 4. The Morgan fingerprint density at radius 2 is 2.14 bits per heavy atom.